The molecule has 1 aliphatic heterocycles. The summed E-state index contributed by atoms with van der Waals surface area (Å²) in [6.45, 7) is 6.87. The molecule has 1 aromatic rings. The van der Waals surface area contributed by atoms with E-state index in [2.05, 4.69) is 36.1 Å². The van der Waals surface area contributed by atoms with Gasteiger partial charge in [-0.15, -0.1) is 0 Å². The first-order valence-corrected chi connectivity index (χ1v) is 7.98. The van der Waals surface area contributed by atoms with Crippen molar-refractivity contribution < 1.29 is 4.74 Å². The van der Waals surface area contributed by atoms with Gasteiger partial charge < -0.3 is 10.5 Å². The Bertz CT molecular complexity index is 390. The van der Waals surface area contributed by atoms with E-state index in [1.54, 1.807) is 0 Å². The molecule has 3 heteroatoms. The van der Waals surface area contributed by atoms with Crippen LogP contribution >= 0.6 is 0 Å². The quantitative estimate of drug-likeness (QED) is 0.866. The number of nitrogens with two attached hydrogens (primary N) is 1. The summed E-state index contributed by atoms with van der Waals surface area (Å²) in [7, 11) is 0. The Hall–Kier alpha value is -1.06. The molecule has 2 rings (SSSR count). The van der Waals surface area contributed by atoms with Crippen LogP contribution in [0.1, 0.15) is 51.1 Å². The van der Waals surface area contributed by atoms with Crippen LogP contribution in [0.5, 0.6) is 5.75 Å². The zero-order valence-electron chi connectivity index (χ0n) is 12.8. The maximum Gasteiger partial charge on any atom is 0.119 e. The number of hydrogen-bond donors (Lipinski definition) is 1. The highest BCUT2D eigenvalue weighted by Gasteiger charge is 2.27. The minimum absolute atomic E-state index is 0.343. The number of benzene rings is 1. The van der Waals surface area contributed by atoms with Gasteiger partial charge in [0, 0.05) is 18.6 Å². The zero-order valence-corrected chi connectivity index (χ0v) is 12.8. The summed E-state index contributed by atoms with van der Waals surface area (Å²) >= 11 is 0. The summed E-state index contributed by atoms with van der Waals surface area (Å²) in [5.41, 5.74) is 7.39. The molecule has 2 N–H and O–H groups in total. The standard InChI is InChI=1S/C17H28N2O/c1-3-15-7-5-6-12-19(15)17(13-18)14-8-10-16(11-9-14)20-4-2/h8-11,15,17H,3-7,12-13,18H2,1-2H3. The lowest BCUT2D eigenvalue weighted by Gasteiger charge is -2.41. The van der Waals surface area contributed by atoms with Crippen LogP contribution in [0.2, 0.25) is 0 Å². The third-order valence-electron chi connectivity index (χ3n) is 4.34. The number of rotatable bonds is 6. The van der Waals surface area contributed by atoms with Gasteiger partial charge >= 0.3 is 0 Å². The average Bonchev–Trinajstić information content (AvgIpc) is 2.50. The third-order valence-corrected chi connectivity index (χ3v) is 4.34. The van der Waals surface area contributed by atoms with Crippen molar-refractivity contribution in [1.29, 1.82) is 0 Å². The molecule has 0 saturated carbocycles. The monoisotopic (exact) mass is 276 g/mol. The number of likely N-dealkylation sites (tertiary alicyclic amines) is 1. The van der Waals surface area contributed by atoms with Crippen LogP contribution < -0.4 is 10.5 Å². The van der Waals surface area contributed by atoms with Gasteiger partial charge in [0.2, 0.25) is 0 Å². The normalized spacial score (nSPS) is 21.6. The molecule has 112 valence electrons. The lowest BCUT2D eigenvalue weighted by molar-refractivity contribution is 0.0949. The number of ether oxygens (including phenoxy) is 1. The van der Waals surface area contributed by atoms with Gasteiger partial charge in [-0.1, -0.05) is 25.5 Å². The van der Waals surface area contributed by atoms with Gasteiger partial charge in [0.05, 0.1) is 6.61 Å². The van der Waals surface area contributed by atoms with E-state index < -0.39 is 0 Å². The highest BCUT2D eigenvalue weighted by molar-refractivity contribution is 5.29. The Kier molecular flexibility index (Phi) is 5.86. The molecule has 0 spiro atoms. The zero-order chi connectivity index (χ0) is 14.4. The first-order chi connectivity index (χ1) is 9.80. The molecule has 20 heavy (non-hydrogen) atoms. The molecule has 2 unspecified atom stereocenters. The van der Waals surface area contributed by atoms with Gasteiger partial charge in [0.25, 0.3) is 0 Å². The second-order valence-corrected chi connectivity index (χ2v) is 5.55. The second kappa shape index (κ2) is 7.65. The Balaban J connectivity index is 2.13. The van der Waals surface area contributed by atoms with Gasteiger partial charge in [0.1, 0.15) is 5.75 Å². The summed E-state index contributed by atoms with van der Waals surface area (Å²) in [4.78, 5) is 2.61. The van der Waals surface area contributed by atoms with E-state index in [9.17, 15) is 0 Å². The predicted molar refractivity (Wildman–Crippen MR) is 84.0 cm³/mol. The SMILES string of the molecule is CCOc1ccc(C(CN)N2CCCCC2CC)cc1. The van der Waals surface area contributed by atoms with Crippen molar-refractivity contribution in [3.8, 4) is 5.75 Å². The third kappa shape index (κ3) is 3.53. The maximum absolute atomic E-state index is 6.08. The van der Waals surface area contributed by atoms with Crippen molar-refractivity contribution in [2.24, 2.45) is 5.73 Å². The van der Waals surface area contributed by atoms with Gasteiger partial charge in [-0.3, -0.25) is 4.90 Å². The Morgan fingerprint density at radius 2 is 2.00 bits per heavy atom. The van der Waals surface area contributed by atoms with Crippen LogP contribution in [-0.4, -0.2) is 30.6 Å². The molecule has 1 fully saturated rings. The Morgan fingerprint density at radius 1 is 1.25 bits per heavy atom. The van der Waals surface area contributed by atoms with Gasteiger partial charge in [-0.05, 0) is 50.4 Å². The van der Waals surface area contributed by atoms with Gasteiger partial charge in [0.15, 0.2) is 0 Å². The topological polar surface area (TPSA) is 38.5 Å². The van der Waals surface area contributed by atoms with Crippen molar-refractivity contribution in [3.05, 3.63) is 29.8 Å². The summed E-state index contributed by atoms with van der Waals surface area (Å²) in [5.74, 6) is 0.942. The first-order valence-electron chi connectivity index (χ1n) is 7.98. The van der Waals surface area contributed by atoms with Crippen molar-refractivity contribution in [2.45, 2.75) is 51.6 Å². The minimum atomic E-state index is 0.343. The molecule has 3 nitrogen and oxygen atoms in total. The lowest BCUT2D eigenvalue weighted by atomic mass is 9.95. The Morgan fingerprint density at radius 3 is 2.60 bits per heavy atom. The number of nitrogens with zero attached hydrogens (tertiary/aromatic N) is 1. The summed E-state index contributed by atoms with van der Waals surface area (Å²) in [6, 6.07) is 9.49. The summed E-state index contributed by atoms with van der Waals surface area (Å²) in [6.07, 6.45) is 5.18. The van der Waals surface area contributed by atoms with E-state index in [1.807, 2.05) is 6.92 Å². The molecule has 2 atom stereocenters. The molecule has 1 saturated heterocycles. The van der Waals surface area contributed by atoms with Crippen molar-refractivity contribution in [3.63, 3.8) is 0 Å². The van der Waals surface area contributed by atoms with E-state index in [1.165, 1.54) is 37.8 Å². The molecule has 0 radical (unpaired) electrons. The average molecular weight is 276 g/mol. The van der Waals surface area contributed by atoms with E-state index in [0.29, 0.717) is 25.2 Å². The highest BCUT2D eigenvalue weighted by atomic mass is 16.5. The lowest BCUT2D eigenvalue weighted by Crippen LogP contribution is -2.44. The van der Waals surface area contributed by atoms with Crippen LogP contribution in [0, 0.1) is 0 Å². The summed E-state index contributed by atoms with van der Waals surface area (Å²) in [5, 5.41) is 0. The Labute approximate surface area is 123 Å². The van der Waals surface area contributed by atoms with Gasteiger partial charge in [-0.25, -0.2) is 0 Å². The fourth-order valence-corrected chi connectivity index (χ4v) is 3.29. The van der Waals surface area contributed by atoms with Crippen LogP contribution in [0.3, 0.4) is 0 Å². The molecular weight excluding hydrogens is 248 g/mol. The molecule has 0 amide bonds. The van der Waals surface area contributed by atoms with E-state index >= 15 is 0 Å². The van der Waals surface area contributed by atoms with E-state index in [-0.39, 0.29) is 0 Å². The van der Waals surface area contributed by atoms with Crippen LogP contribution in [0.25, 0.3) is 0 Å². The van der Waals surface area contributed by atoms with E-state index in [4.69, 9.17) is 10.5 Å². The highest BCUT2D eigenvalue weighted by Crippen LogP contribution is 2.30. The number of hydrogen-bond acceptors (Lipinski definition) is 3. The summed E-state index contributed by atoms with van der Waals surface area (Å²) < 4.78 is 5.52. The first kappa shape index (κ1) is 15.3. The fourth-order valence-electron chi connectivity index (χ4n) is 3.29. The van der Waals surface area contributed by atoms with E-state index in [0.717, 1.165) is 5.75 Å². The van der Waals surface area contributed by atoms with Crippen molar-refractivity contribution >= 4 is 0 Å². The fraction of sp³-hybridized carbons (Fsp3) is 0.647. The maximum atomic E-state index is 6.08. The van der Waals surface area contributed by atoms with Crippen LogP contribution in [0.4, 0.5) is 0 Å². The second-order valence-electron chi connectivity index (χ2n) is 5.55. The molecule has 0 aliphatic carbocycles. The minimum Gasteiger partial charge on any atom is -0.494 e. The van der Waals surface area contributed by atoms with Crippen LogP contribution in [-0.2, 0) is 0 Å². The van der Waals surface area contributed by atoms with Crippen LogP contribution in [0.15, 0.2) is 24.3 Å². The molecule has 0 aromatic heterocycles. The molecule has 1 aliphatic rings. The largest absolute Gasteiger partial charge is 0.494 e. The van der Waals surface area contributed by atoms with Gasteiger partial charge in [-0.2, -0.15) is 0 Å². The van der Waals surface area contributed by atoms with Crippen molar-refractivity contribution in [1.82, 2.24) is 4.90 Å². The molecular formula is C17H28N2O. The molecule has 0 bridgehead atoms. The predicted octanol–water partition coefficient (Wildman–Crippen LogP) is 3.35. The smallest absolute Gasteiger partial charge is 0.119 e. The number of piperidine rings is 1. The van der Waals surface area contributed by atoms with Crippen molar-refractivity contribution in [2.75, 3.05) is 19.7 Å². The molecule has 1 heterocycles. The molecule has 1 aromatic carbocycles.